The third-order valence-corrected chi connectivity index (χ3v) is 7.14. The first kappa shape index (κ1) is 31.1. The Kier molecular flexibility index (Phi) is 16.7. The average Bonchev–Trinajstić information content (AvgIpc) is 2.59. The second-order valence-electron chi connectivity index (χ2n) is 11.4. The molecule has 0 aliphatic rings. The van der Waals surface area contributed by atoms with Crippen molar-refractivity contribution in [2.45, 2.75) is 98.8 Å². The van der Waals surface area contributed by atoms with Crippen molar-refractivity contribution in [2.24, 2.45) is 23.7 Å². The summed E-state index contributed by atoms with van der Waals surface area (Å²) >= 11 is 0. The van der Waals surface area contributed by atoms with Crippen LogP contribution in [0.3, 0.4) is 0 Å². The maximum absolute atomic E-state index is 11.8. The molecule has 0 fully saturated rings. The van der Waals surface area contributed by atoms with Crippen LogP contribution in [0.4, 0.5) is 0 Å². The van der Waals surface area contributed by atoms with E-state index < -0.39 is 7.82 Å². The average molecular weight is 464 g/mol. The van der Waals surface area contributed by atoms with E-state index in [2.05, 4.69) is 34.6 Å². The van der Waals surface area contributed by atoms with Crippen LogP contribution in [0.15, 0.2) is 0 Å². The van der Waals surface area contributed by atoms with Gasteiger partial charge in [0.2, 0.25) is 0 Å². The van der Waals surface area contributed by atoms with E-state index in [0.717, 1.165) is 30.6 Å². The van der Waals surface area contributed by atoms with Crippen LogP contribution in [-0.4, -0.2) is 45.4 Å². The molecule has 188 valence electrons. The lowest BCUT2D eigenvalue weighted by Crippen LogP contribution is -2.37. The molecule has 0 aromatic rings. The Bertz CT molecular complexity index is 479. The van der Waals surface area contributed by atoms with Crippen molar-refractivity contribution in [3.05, 3.63) is 0 Å². The van der Waals surface area contributed by atoms with Crippen molar-refractivity contribution in [3.8, 4) is 0 Å². The molecule has 31 heavy (non-hydrogen) atoms. The standard InChI is InChI=1S/C25H54NO4P/c1-22(2)12-9-13-23(3)14-10-15-24(4)16-11-17-25(5)18-20-29-31(27,28)30-21-19-26(6,7)8/h22-25H,9-21H2,1-8H3. The summed E-state index contributed by atoms with van der Waals surface area (Å²) in [6.07, 6.45) is 12.5. The van der Waals surface area contributed by atoms with Crippen molar-refractivity contribution >= 4 is 7.82 Å². The number of quaternary nitrogens is 1. The molecule has 0 bridgehead atoms. The van der Waals surface area contributed by atoms with E-state index >= 15 is 0 Å². The van der Waals surface area contributed by atoms with E-state index in [1.54, 1.807) is 0 Å². The van der Waals surface area contributed by atoms with Gasteiger partial charge in [-0.25, -0.2) is 0 Å². The van der Waals surface area contributed by atoms with Gasteiger partial charge >= 0.3 is 0 Å². The monoisotopic (exact) mass is 463 g/mol. The van der Waals surface area contributed by atoms with Gasteiger partial charge in [-0.1, -0.05) is 92.4 Å². The number of likely N-dealkylation sites (N-methyl/N-ethyl adjacent to an activating group) is 1. The normalized spacial score (nSPS) is 17.5. The molecule has 0 saturated heterocycles. The molecule has 0 radical (unpaired) electrons. The molecule has 0 aliphatic carbocycles. The number of phosphoric acid groups is 1. The lowest BCUT2D eigenvalue weighted by atomic mass is 9.91. The maximum Gasteiger partial charge on any atom is 0.268 e. The molecule has 0 aromatic carbocycles. The Hall–Kier alpha value is 0.0700. The number of hydrogen-bond donors (Lipinski definition) is 0. The van der Waals surface area contributed by atoms with Gasteiger partial charge in [0.05, 0.1) is 27.7 Å². The van der Waals surface area contributed by atoms with Gasteiger partial charge in [0.25, 0.3) is 7.82 Å². The Balaban J connectivity index is 3.75. The summed E-state index contributed by atoms with van der Waals surface area (Å²) in [5.41, 5.74) is 0. The lowest BCUT2D eigenvalue weighted by Gasteiger charge is -2.27. The summed E-state index contributed by atoms with van der Waals surface area (Å²) in [6.45, 7) is 12.6. The fraction of sp³-hybridized carbons (Fsp3) is 1.00. The fourth-order valence-electron chi connectivity index (χ4n) is 3.77. The second kappa shape index (κ2) is 16.6. The molecule has 0 spiro atoms. The fourth-order valence-corrected chi connectivity index (χ4v) is 4.48. The van der Waals surface area contributed by atoms with Gasteiger partial charge in [-0.15, -0.1) is 0 Å². The van der Waals surface area contributed by atoms with Gasteiger partial charge in [0, 0.05) is 0 Å². The predicted molar refractivity (Wildman–Crippen MR) is 131 cm³/mol. The minimum Gasteiger partial charge on any atom is -0.756 e. The minimum absolute atomic E-state index is 0.161. The predicted octanol–water partition coefficient (Wildman–Crippen LogP) is 6.66. The number of rotatable bonds is 20. The number of nitrogens with zero attached hydrogens (tertiary/aromatic N) is 1. The smallest absolute Gasteiger partial charge is 0.268 e. The molecular weight excluding hydrogens is 409 g/mol. The van der Waals surface area contributed by atoms with Crippen molar-refractivity contribution in [1.82, 2.24) is 0 Å². The first-order chi connectivity index (χ1) is 14.3. The summed E-state index contributed by atoms with van der Waals surface area (Å²) in [6, 6.07) is 0. The summed E-state index contributed by atoms with van der Waals surface area (Å²) in [7, 11) is 1.82. The number of phosphoric ester groups is 1. The molecular formula is C25H54NO4P. The van der Waals surface area contributed by atoms with E-state index in [9.17, 15) is 9.46 Å². The molecule has 0 saturated carbocycles. The first-order valence-electron chi connectivity index (χ1n) is 12.7. The van der Waals surface area contributed by atoms with Gasteiger partial charge in [0.15, 0.2) is 0 Å². The zero-order valence-electron chi connectivity index (χ0n) is 22.0. The third-order valence-electron chi connectivity index (χ3n) is 6.14. The van der Waals surface area contributed by atoms with Crippen LogP contribution in [-0.2, 0) is 13.6 Å². The lowest BCUT2D eigenvalue weighted by molar-refractivity contribution is -0.870. The van der Waals surface area contributed by atoms with Crippen LogP contribution in [0.1, 0.15) is 98.8 Å². The van der Waals surface area contributed by atoms with E-state index in [1.807, 2.05) is 21.1 Å². The van der Waals surface area contributed by atoms with Gasteiger partial charge < -0.3 is 18.4 Å². The Morgan fingerprint density at radius 3 is 1.48 bits per heavy atom. The van der Waals surface area contributed by atoms with Crippen LogP contribution in [0, 0.1) is 23.7 Å². The topological polar surface area (TPSA) is 58.6 Å². The highest BCUT2D eigenvalue weighted by atomic mass is 31.2. The second-order valence-corrected chi connectivity index (χ2v) is 12.8. The minimum atomic E-state index is -4.17. The molecule has 0 rings (SSSR count). The molecule has 6 heteroatoms. The van der Waals surface area contributed by atoms with Crippen LogP contribution in [0.25, 0.3) is 0 Å². The van der Waals surface area contributed by atoms with Gasteiger partial charge in [-0.2, -0.15) is 0 Å². The Labute approximate surface area is 194 Å². The highest BCUT2D eigenvalue weighted by Crippen LogP contribution is 2.38. The highest BCUT2D eigenvalue weighted by Gasteiger charge is 2.14. The summed E-state index contributed by atoms with van der Waals surface area (Å²) in [5.74, 6) is 2.94. The van der Waals surface area contributed by atoms with Crippen LogP contribution in [0.2, 0.25) is 0 Å². The molecule has 4 unspecified atom stereocenters. The van der Waals surface area contributed by atoms with E-state index in [1.165, 1.54) is 51.4 Å². The third kappa shape index (κ3) is 21.7. The quantitative estimate of drug-likeness (QED) is 0.150. The summed E-state index contributed by atoms with van der Waals surface area (Å²) in [4.78, 5) is 11.8. The van der Waals surface area contributed by atoms with E-state index in [-0.39, 0.29) is 13.2 Å². The maximum atomic E-state index is 11.8. The van der Waals surface area contributed by atoms with Crippen LogP contribution in [0.5, 0.6) is 0 Å². The van der Waals surface area contributed by atoms with Crippen LogP contribution >= 0.6 is 7.82 Å². The highest BCUT2D eigenvalue weighted by molar-refractivity contribution is 7.45. The first-order valence-corrected chi connectivity index (χ1v) is 14.2. The SMILES string of the molecule is CC(C)CCCC(C)CCCC(C)CCCC(C)CCOP(=O)([O-])OCC[N+](C)(C)C. The van der Waals surface area contributed by atoms with Crippen molar-refractivity contribution < 1.29 is 23.0 Å². The molecule has 4 atom stereocenters. The molecule has 5 nitrogen and oxygen atoms in total. The van der Waals surface area contributed by atoms with Crippen LogP contribution < -0.4 is 4.89 Å². The van der Waals surface area contributed by atoms with Gasteiger partial charge in [0.1, 0.15) is 13.2 Å². The molecule has 0 amide bonds. The van der Waals surface area contributed by atoms with Crippen molar-refractivity contribution in [2.75, 3.05) is 40.9 Å². The van der Waals surface area contributed by atoms with Crippen molar-refractivity contribution in [1.29, 1.82) is 0 Å². The summed E-state index contributed by atoms with van der Waals surface area (Å²) in [5, 5.41) is 0. The Morgan fingerprint density at radius 2 is 1.06 bits per heavy atom. The van der Waals surface area contributed by atoms with Gasteiger partial charge in [-0.3, -0.25) is 4.57 Å². The number of hydrogen-bond acceptors (Lipinski definition) is 4. The van der Waals surface area contributed by atoms with E-state index in [4.69, 9.17) is 9.05 Å². The van der Waals surface area contributed by atoms with Gasteiger partial charge in [-0.05, 0) is 30.1 Å². The zero-order chi connectivity index (χ0) is 23.9. The molecule has 0 aromatic heterocycles. The molecule has 0 N–H and O–H groups in total. The zero-order valence-corrected chi connectivity index (χ0v) is 22.9. The molecule has 0 aliphatic heterocycles. The Morgan fingerprint density at radius 1 is 0.677 bits per heavy atom. The molecule has 0 heterocycles. The largest absolute Gasteiger partial charge is 0.756 e. The van der Waals surface area contributed by atoms with E-state index in [0.29, 0.717) is 16.9 Å². The summed E-state index contributed by atoms with van der Waals surface area (Å²) < 4.78 is 22.5. The van der Waals surface area contributed by atoms with Crippen molar-refractivity contribution in [3.63, 3.8) is 0 Å².